The molecule has 0 spiro atoms. The first-order valence-electron chi connectivity index (χ1n) is 1.80. The Morgan fingerprint density at radius 1 is 1.88 bits per heavy atom. The van der Waals surface area contributed by atoms with E-state index in [1.54, 1.807) is 0 Å². The SMILES string of the molecule is COC(=O)C(O)=CCl. The predicted octanol–water partition coefficient (Wildman–Crippen LogP) is 0.798. The summed E-state index contributed by atoms with van der Waals surface area (Å²) in [6, 6.07) is 0. The molecule has 0 aliphatic heterocycles. The first-order valence-corrected chi connectivity index (χ1v) is 2.23. The average molecular weight is 137 g/mol. The summed E-state index contributed by atoms with van der Waals surface area (Å²) in [6.07, 6.45) is 0. The first-order chi connectivity index (χ1) is 3.72. The van der Waals surface area contributed by atoms with Crippen LogP contribution in [0.15, 0.2) is 11.3 Å². The number of aliphatic hydroxyl groups excluding tert-OH is 1. The Hall–Kier alpha value is -0.700. The fourth-order valence-electron chi connectivity index (χ4n) is 0.149. The lowest BCUT2D eigenvalue weighted by Gasteiger charge is -1.91. The summed E-state index contributed by atoms with van der Waals surface area (Å²) in [5, 5.41) is 8.38. The monoisotopic (exact) mass is 136 g/mol. The molecule has 0 radical (unpaired) electrons. The Morgan fingerprint density at radius 2 is 2.38 bits per heavy atom. The minimum atomic E-state index is -0.833. The normalized spacial score (nSPS) is 11.0. The zero-order chi connectivity index (χ0) is 6.57. The molecule has 0 bridgehead atoms. The maximum absolute atomic E-state index is 10.1. The largest absolute Gasteiger partial charge is 0.501 e. The van der Waals surface area contributed by atoms with Crippen LogP contribution in [0.4, 0.5) is 0 Å². The zero-order valence-corrected chi connectivity index (χ0v) is 4.97. The van der Waals surface area contributed by atoms with Crippen molar-refractivity contribution < 1.29 is 14.6 Å². The number of aliphatic hydroxyl groups is 1. The van der Waals surface area contributed by atoms with Crippen molar-refractivity contribution in [2.45, 2.75) is 0 Å². The summed E-state index contributed by atoms with van der Waals surface area (Å²) in [5.74, 6) is -1.42. The van der Waals surface area contributed by atoms with Gasteiger partial charge in [0.15, 0.2) is 0 Å². The Labute approximate surface area is 51.5 Å². The van der Waals surface area contributed by atoms with Crippen molar-refractivity contribution >= 4 is 17.6 Å². The maximum atomic E-state index is 10.1. The number of carbonyl (C=O) groups is 1. The van der Waals surface area contributed by atoms with Crippen LogP contribution in [0, 0.1) is 0 Å². The van der Waals surface area contributed by atoms with Crippen LogP contribution in [0.2, 0.25) is 0 Å². The molecule has 0 aliphatic carbocycles. The Balaban J connectivity index is 3.83. The van der Waals surface area contributed by atoms with Gasteiger partial charge in [0, 0.05) is 0 Å². The zero-order valence-electron chi connectivity index (χ0n) is 4.22. The van der Waals surface area contributed by atoms with E-state index < -0.39 is 11.7 Å². The standard InChI is InChI=1S/C4H5ClO3/c1-8-4(7)3(6)2-5/h2,6H,1H3. The van der Waals surface area contributed by atoms with Crippen molar-refractivity contribution in [3.63, 3.8) is 0 Å². The molecule has 0 aliphatic rings. The average Bonchev–Trinajstić information content (AvgIpc) is 1.84. The summed E-state index contributed by atoms with van der Waals surface area (Å²) in [4.78, 5) is 10.1. The summed E-state index contributed by atoms with van der Waals surface area (Å²) in [5.41, 5.74) is 0.742. The second kappa shape index (κ2) is 3.32. The van der Waals surface area contributed by atoms with E-state index in [1.807, 2.05) is 0 Å². The highest BCUT2D eigenvalue weighted by Gasteiger charge is 2.03. The van der Waals surface area contributed by atoms with Gasteiger partial charge in [0.1, 0.15) is 0 Å². The number of hydrogen-bond donors (Lipinski definition) is 1. The Morgan fingerprint density at radius 3 is 2.50 bits per heavy atom. The second-order valence-electron chi connectivity index (χ2n) is 0.986. The van der Waals surface area contributed by atoms with Crippen LogP contribution in [-0.2, 0) is 9.53 Å². The molecule has 0 aromatic heterocycles. The van der Waals surface area contributed by atoms with Gasteiger partial charge in [-0.3, -0.25) is 0 Å². The van der Waals surface area contributed by atoms with Crippen LogP contribution < -0.4 is 0 Å². The van der Waals surface area contributed by atoms with Gasteiger partial charge in [-0.05, 0) is 0 Å². The molecule has 4 heteroatoms. The van der Waals surface area contributed by atoms with Gasteiger partial charge in [-0.2, -0.15) is 0 Å². The third-order valence-electron chi connectivity index (χ3n) is 0.498. The number of esters is 1. The molecule has 0 amide bonds. The van der Waals surface area contributed by atoms with Gasteiger partial charge >= 0.3 is 5.97 Å². The summed E-state index contributed by atoms with van der Waals surface area (Å²) < 4.78 is 4.06. The lowest BCUT2D eigenvalue weighted by molar-refractivity contribution is -0.139. The molecule has 0 rings (SSSR count). The lowest BCUT2D eigenvalue weighted by atomic mass is 10.6. The third kappa shape index (κ3) is 1.84. The van der Waals surface area contributed by atoms with E-state index in [-0.39, 0.29) is 0 Å². The number of methoxy groups -OCH3 is 1. The number of rotatable bonds is 1. The molecule has 0 unspecified atom stereocenters. The lowest BCUT2D eigenvalue weighted by Crippen LogP contribution is -2.02. The van der Waals surface area contributed by atoms with Crippen molar-refractivity contribution in [2.24, 2.45) is 0 Å². The van der Waals surface area contributed by atoms with Crippen LogP contribution in [0.3, 0.4) is 0 Å². The topological polar surface area (TPSA) is 46.5 Å². The Bertz CT molecular complexity index is 118. The van der Waals surface area contributed by atoms with Gasteiger partial charge in [-0.15, -0.1) is 0 Å². The molecule has 0 aromatic rings. The Kier molecular flexibility index (Phi) is 3.03. The molecule has 0 aromatic carbocycles. The van der Waals surface area contributed by atoms with Crippen molar-refractivity contribution in [3.05, 3.63) is 11.3 Å². The van der Waals surface area contributed by atoms with Gasteiger partial charge in [0.25, 0.3) is 0 Å². The molecule has 0 atom stereocenters. The van der Waals surface area contributed by atoms with Crippen LogP contribution in [0.5, 0.6) is 0 Å². The molecule has 1 N–H and O–H groups in total. The van der Waals surface area contributed by atoms with Gasteiger partial charge in [-0.25, -0.2) is 4.79 Å². The number of hydrogen-bond acceptors (Lipinski definition) is 3. The number of carbonyl (C=O) groups excluding carboxylic acids is 1. The molecule has 0 fully saturated rings. The van der Waals surface area contributed by atoms with Crippen molar-refractivity contribution in [2.75, 3.05) is 7.11 Å². The van der Waals surface area contributed by atoms with E-state index in [0.717, 1.165) is 12.6 Å². The van der Waals surface area contributed by atoms with Gasteiger partial charge in [0.2, 0.25) is 5.76 Å². The predicted molar refractivity (Wildman–Crippen MR) is 28.6 cm³/mol. The highest BCUT2D eigenvalue weighted by Crippen LogP contribution is 1.92. The highest BCUT2D eigenvalue weighted by atomic mass is 35.5. The molecule has 3 nitrogen and oxygen atoms in total. The minimum Gasteiger partial charge on any atom is -0.501 e. The quantitative estimate of drug-likeness (QED) is 0.330. The summed E-state index contributed by atoms with van der Waals surface area (Å²) in [7, 11) is 1.15. The maximum Gasteiger partial charge on any atom is 0.374 e. The second-order valence-corrected chi connectivity index (χ2v) is 1.20. The number of ether oxygens (including phenoxy) is 1. The smallest absolute Gasteiger partial charge is 0.374 e. The van der Waals surface area contributed by atoms with E-state index in [4.69, 9.17) is 16.7 Å². The van der Waals surface area contributed by atoms with E-state index >= 15 is 0 Å². The summed E-state index contributed by atoms with van der Waals surface area (Å²) >= 11 is 4.91. The van der Waals surface area contributed by atoms with Crippen LogP contribution in [0.1, 0.15) is 0 Å². The van der Waals surface area contributed by atoms with Crippen LogP contribution in [0.25, 0.3) is 0 Å². The van der Waals surface area contributed by atoms with E-state index in [1.165, 1.54) is 0 Å². The highest BCUT2D eigenvalue weighted by molar-refractivity contribution is 6.27. The molecule has 0 saturated heterocycles. The molecule has 8 heavy (non-hydrogen) atoms. The van der Waals surface area contributed by atoms with Crippen molar-refractivity contribution in [1.29, 1.82) is 0 Å². The number of halogens is 1. The van der Waals surface area contributed by atoms with Gasteiger partial charge < -0.3 is 9.84 Å². The van der Waals surface area contributed by atoms with Gasteiger partial charge in [-0.1, -0.05) is 11.6 Å². The fourth-order valence-corrected chi connectivity index (χ4v) is 0.238. The fraction of sp³-hybridized carbons (Fsp3) is 0.250. The molecule has 0 heterocycles. The van der Waals surface area contributed by atoms with Crippen LogP contribution >= 0.6 is 11.6 Å². The van der Waals surface area contributed by atoms with E-state index in [2.05, 4.69) is 4.74 Å². The molecule has 46 valence electrons. The van der Waals surface area contributed by atoms with Crippen molar-refractivity contribution in [3.8, 4) is 0 Å². The van der Waals surface area contributed by atoms with E-state index in [9.17, 15) is 4.79 Å². The molecular formula is C4H5ClO3. The molecular weight excluding hydrogens is 131 g/mol. The van der Waals surface area contributed by atoms with Gasteiger partial charge in [0.05, 0.1) is 12.6 Å². The van der Waals surface area contributed by atoms with E-state index in [0.29, 0.717) is 0 Å². The van der Waals surface area contributed by atoms with Crippen LogP contribution in [-0.4, -0.2) is 18.2 Å². The molecule has 0 saturated carbocycles. The third-order valence-corrected chi connectivity index (χ3v) is 0.705. The summed E-state index contributed by atoms with van der Waals surface area (Å²) in [6.45, 7) is 0. The minimum absolute atomic E-state index is 0.589. The first kappa shape index (κ1) is 7.30. The van der Waals surface area contributed by atoms with Crippen molar-refractivity contribution in [1.82, 2.24) is 0 Å².